The highest BCUT2D eigenvalue weighted by Crippen LogP contribution is 2.31. The topological polar surface area (TPSA) is 30.7 Å². The molecule has 3 rings (SSSR count). The summed E-state index contributed by atoms with van der Waals surface area (Å²) >= 11 is 5.89. The highest BCUT2D eigenvalue weighted by Gasteiger charge is 2.12. The molecule has 3 aromatic rings. The van der Waals surface area contributed by atoms with E-state index in [2.05, 4.69) is 52.8 Å². The highest BCUT2D eigenvalue weighted by atomic mass is 35.5. The number of hydrogen-bond acceptors (Lipinski definition) is 2. The van der Waals surface area contributed by atoms with Crippen LogP contribution in [-0.4, -0.2) is 14.5 Å². The summed E-state index contributed by atoms with van der Waals surface area (Å²) in [6.07, 6.45) is 3.82. The molecule has 0 radical (unpaired) electrons. The van der Waals surface area contributed by atoms with Gasteiger partial charge in [-0.3, -0.25) is 0 Å². The van der Waals surface area contributed by atoms with Crippen molar-refractivity contribution >= 4 is 22.5 Å². The number of nitrogens with zero attached hydrogens (tertiary/aromatic N) is 3. The molecule has 3 nitrogen and oxygen atoms in total. The first-order valence-electron chi connectivity index (χ1n) is 6.25. The van der Waals surface area contributed by atoms with Crippen LogP contribution >= 0.6 is 11.6 Å². The number of hydrogen-bond donors (Lipinski definition) is 0. The number of para-hydroxylation sites is 1. The smallest absolute Gasteiger partial charge is 0.222 e. The Morgan fingerprint density at radius 2 is 1.95 bits per heavy atom. The molecule has 0 amide bonds. The van der Waals surface area contributed by atoms with Crippen LogP contribution in [0.3, 0.4) is 0 Å². The number of fused-ring (bicyclic) bond motifs is 1. The van der Waals surface area contributed by atoms with Gasteiger partial charge in [-0.15, -0.1) is 0 Å². The van der Waals surface area contributed by atoms with E-state index in [0.717, 1.165) is 11.3 Å². The SMILES string of the molecule is CC(C)n1cc(-c2ccnc(Cl)n2)c2ccccc21. The van der Waals surface area contributed by atoms with Crippen molar-refractivity contribution in [3.8, 4) is 11.3 Å². The van der Waals surface area contributed by atoms with E-state index < -0.39 is 0 Å². The average molecular weight is 272 g/mol. The minimum atomic E-state index is 0.277. The van der Waals surface area contributed by atoms with E-state index in [-0.39, 0.29) is 5.28 Å². The molecule has 0 spiro atoms. The maximum Gasteiger partial charge on any atom is 0.222 e. The van der Waals surface area contributed by atoms with E-state index in [4.69, 9.17) is 11.6 Å². The first-order chi connectivity index (χ1) is 9.16. The molecule has 19 heavy (non-hydrogen) atoms. The van der Waals surface area contributed by atoms with Gasteiger partial charge in [-0.2, -0.15) is 0 Å². The van der Waals surface area contributed by atoms with Crippen LogP contribution in [0.15, 0.2) is 42.7 Å². The third-order valence-corrected chi connectivity index (χ3v) is 3.38. The van der Waals surface area contributed by atoms with Crippen LogP contribution < -0.4 is 0 Å². The van der Waals surface area contributed by atoms with E-state index >= 15 is 0 Å². The fourth-order valence-electron chi connectivity index (χ4n) is 2.32. The monoisotopic (exact) mass is 271 g/mol. The van der Waals surface area contributed by atoms with E-state index in [0.29, 0.717) is 6.04 Å². The van der Waals surface area contributed by atoms with Crippen molar-refractivity contribution in [3.63, 3.8) is 0 Å². The van der Waals surface area contributed by atoms with Gasteiger partial charge in [0.15, 0.2) is 0 Å². The lowest BCUT2D eigenvalue weighted by molar-refractivity contribution is 0.623. The molecule has 0 aliphatic heterocycles. The molecule has 0 unspecified atom stereocenters. The molecule has 0 bridgehead atoms. The molecule has 0 atom stereocenters. The molecular formula is C15H14ClN3. The minimum absolute atomic E-state index is 0.277. The van der Waals surface area contributed by atoms with Crippen molar-refractivity contribution in [1.82, 2.24) is 14.5 Å². The molecule has 96 valence electrons. The van der Waals surface area contributed by atoms with Crippen LogP contribution in [0.1, 0.15) is 19.9 Å². The van der Waals surface area contributed by atoms with Crippen LogP contribution in [0.25, 0.3) is 22.2 Å². The van der Waals surface area contributed by atoms with Gasteiger partial charge in [-0.1, -0.05) is 18.2 Å². The van der Waals surface area contributed by atoms with Crippen molar-refractivity contribution in [1.29, 1.82) is 0 Å². The third kappa shape index (κ3) is 2.10. The number of aromatic nitrogens is 3. The molecule has 0 saturated heterocycles. The summed E-state index contributed by atoms with van der Waals surface area (Å²) < 4.78 is 2.25. The Morgan fingerprint density at radius 3 is 2.68 bits per heavy atom. The predicted molar refractivity (Wildman–Crippen MR) is 78.4 cm³/mol. The van der Waals surface area contributed by atoms with Gasteiger partial charge in [0.2, 0.25) is 5.28 Å². The van der Waals surface area contributed by atoms with Crippen LogP contribution in [-0.2, 0) is 0 Å². The molecule has 1 aromatic carbocycles. The molecule has 0 saturated carbocycles. The quantitative estimate of drug-likeness (QED) is 0.650. The van der Waals surface area contributed by atoms with Gasteiger partial charge in [-0.25, -0.2) is 9.97 Å². The summed E-state index contributed by atoms with van der Waals surface area (Å²) in [6, 6.07) is 10.6. The van der Waals surface area contributed by atoms with Gasteiger partial charge in [-0.05, 0) is 37.6 Å². The lowest BCUT2D eigenvalue weighted by Gasteiger charge is -2.08. The molecule has 2 heterocycles. The Balaban J connectivity index is 2.30. The molecular weight excluding hydrogens is 258 g/mol. The fourth-order valence-corrected chi connectivity index (χ4v) is 2.47. The first kappa shape index (κ1) is 12.2. The maximum atomic E-state index is 5.89. The molecule has 4 heteroatoms. The van der Waals surface area contributed by atoms with Gasteiger partial charge < -0.3 is 4.57 Å². The zero-order valence-electron chi connectivity index (χ0n) is 10.8. The van der Waals surface area contributed by atoms with Crippen molar-refractivity contribution < 1.29 is 0 Å². The summed E-state index contributed by atoms with van der Waals surface area (Å²) in [5.74, 6) is 0. The minimum Gasteiger partial charge on any atom is -0.344 e. The van der Waals surface area contributed by atoms with Crippen molar-refractivity contribution in [2.45, 2.75) is 19.9 Å². The van der Waals surface area contributed by atoms with Gasteiger partial charge in [0.25, 0.3) is 0 Å². The second kappa shape index (κ2) is 4.67. The molecule has 0 aliphatic rings. The van der Waals surface area contributed by atoms with Gasteiger partial charge >= 0.3 is 0 Å². The Hall–Kier alpha value is -1.87. The number of rotatable bonds is 2. The largest absolute Gasteiger partial charge is 0.344 e. The second-order valence-electron chi connectivity index (χ2n) is 4.77. The van der Waals surface area contributed by atoms with E-state index in [1.165, 1.54) is 10.9 Å². The summed E-state index contributed by atoms with van der Waals surface area (Å²) in [7, 11) is 0. The second-order valence-corrected chi connectivity index (χ2v) is 5.11. The Kier molecular flexibility index (Phi) is 2.99. The van der Waals surface area contributed by atoms with Crippen molar-refractivity contribution in [2.24, 2.45) is 0 Å². The third-order valence-electron chi connectivity index (χ3n) is 3.20. The first-order valence-corrected chi connectivity index (χ1v) is 6.63. The summed E-state index contributed by atoms with van der Waals surface area (Å²) in [6.45, 7) is 4.34. The van der Waals surface area contributed by atoms with Crippen LogP contribution in [0.4, 0.5) is 0 Å². The van der Waals surface area contributed by atoms with Gasteiger partial charge in [0, 0.05) is 34.9 Å². The maximum absolute atomic E-state index is 5.89. The Labute approximate surface area is 116 Å². The Morgan fingerprint density at radius 1 is 1.16 bits per heavy atom. The predicted octanol–water partition coefficient (Wildman–Crippen LogP) is 4.33. The Bertz CT molecular complexity index is 731. The van der Waals surface area contributed by atoms with E-state index in [1.54, 1.807) is 6.20 Å². The fraction of sp³-hybridized carbons (Fsp3) is 0.200. The average Bonchev–Trinajstić information content (AvgIpc) is 2.78. The van der Waals surface area contributed by atoms with Crippen molar-refractivity contribution in [3.05, 3.63) is 48.0 Å². The van der Waals surface area contributed by atoms with Crippen molar-refractivity contribution in [2.75, 3.05) is 0 Å². The summed E-state index contributed by atoms with van der Waals surface area (Å²) in [4.78, 5) is 8.24. The molecule has 2 aromatic heterocycles. The summed E-state index contributed by atoms with van der Waals surface area (Å²) in [5.41, 5.74) is 3.16. The highest BCUT2D eigenvalue weighted by molar-refractivity contribution is 6.28. The normalized spacial score (nSPS) is 11.4. The zero-order chi connectivity index (χ0) is 13.4. The standard InChI is InChI=1S/C15H14ClN3/c1-10(2)19-9-12(11-5-3-4-6-14(11)19)13-7-8-17-15(16)18-13/h3-10H,1-2H3. The lowest BCUT2D eigenvalue weighted by Crippen LogP contribution is -1.97. The molecule has 0 fully saturated rings. The van der Waals surface area contributed by atoms with Crippen LogP contribution in [0, 0.1) is 0 Å². The number of benzene rings is 1. The molecule has 0 aliphatic carbocycles. The van der Waals surface area contributed by atoms with Gasteiger partial charge in [0.1, 0.15) is 0 Å². The van der Waals surface area contributed by atoms with Crippen LogP contribution in [0.2, 0.25) is 5.28 Å². The molecule has 0 N–H and O–H groups in total. The van der Waals surface area contributed by atoms with E-state index in [1.807, 2.05) is 12.1 Å². The summed E-state index contributed by atoms with van der Waals surface area (Å²) in [5, 5.41) is 1.46. The lowest BCUT2D eigenvalue weighted by atomic mass is 10.1. The van der Waals surface area contributed by atoms with Gasteiger partial charge in [0.05, 0.1) is 5.69 Å². The van der Waals surface area contributed by atoms with Crippen LogP contribution in [0.5, 0.6) is 0 Å². The van der Waals surface area contributed by atoms with E-state index in [9.17, 15) is 0 Å². The zero-order valence-corrected chi connectivity index (χ0v) is 11.6. The number of halogens is 1.